The van der Waals surface area contributed by atoms with Crippen LogP contribution in [0.1, 0.15) is 113 Å². The summed E-state index contributed by atoms with van der Waals surface area (Å²) in [4.78, 5) is 0. The second-order valence-electron chi connectivity index (χ2n) is 10.7. The van der Waals surface area contributed by atoms with Crippen molar-refractivity contribution in [3.63, 3.8) is 0 Å². The zero-order chi connectivity index (χ0) is 26.6. The van der Waals surface area contributed by atoms with E-state index in [9.17, 15) is 0 Å². The van der Waals surface area contributed by atoms with Gasteiger partial charge in [-0.25, -0.2) is 0 Å². The highest BCUT2D eigenvalue weighted by atomic mass is 31.1. The summed E-state index contributed by atoms with van der Waals surface area (Å²) in [6.07, 6.45) is 14.3. The van der Waals surface area contributed by atoms with Gasteiger partial charge in [-0.2, -0.15) is 0 Å². The Balaban J connectivity index is 2.43. The van der Waals surface area contributed by atoms with Crippen molar-refractivity contribution in [1.82, 2.24) is 0 Å². The van der Waals surface area contributed by atoms with E-state index < -0.39 is 7.92 Å². The third-order valence-electron chi connectivity index (χ3n) is 7.27. The maximum absolute atomic E-state index is 2.59. The van der Waals surface area contributed by atoms with E-state index in [0.717, 1.165) is 0 Å². The normalized spacial score (nSPS) is 11.4. The number of hydrogen-bond donors (Lipinski definition) is 0. The standard InChI is InChI=1S/C36H51P/c1-7-16-28-24-30(18-9-3)35(31(25-28)19-10-4)37(34-22-14-13-15-23-34)36-32(20-11-5)26-29(17-8-2)27-33(36)21-12-6/h13-15,22-27H,7-12,16-21H2,1-6H3. The Hall–Kier alpha value is -1.91. The van der Waals surface area contributed by atoms with Gasteiger partial charge in [0, 0.05) is 0 Å². The van der Waals surface area contributed by atoms with Crippen LogP contribution in [0, 0.1) is 0 Å². The second-order valence-corrected chi connectivity index (χ2v) is 12.8. The van der Waals surface area contributed by atoms with E-state index in [4.69, 9.17) is 0 Å². The van der Waals surface area contributed by atoms with Crippen molar-refractivity contribution in [3.05, 3.63) is 88.0 Å². The summed E-state index contributed by atoms with van der Waals surface area (Å²) in [7, 11) is -0.619. The number of hydrogen-bond acceptors (Lipinski definition) is 0. The average molecular weight is 515 g/mol. The second kappa shape index (κ2) is 15.5. The molecule has 0 atom stereocenters. The van der Waals surface area contributed by atoms with Crippen molar-refractivity contribution in [3.8, 4) is 0 Å². The summed E-state index contributed by atoms with van der Waals surface area (Å²) in [6.45, 7) is 14.0. The van der Waals surface area contributed by atoms with Crippen LogP contribution in [0.5, 0.6) is 0 Å². The fourth-order valence-corrected chi connectivity index (χ4v) is 8.96. The molecular weight excluding hydrogens is 463 g/mol. The topological polar surface area (TPSA) is 0 Å². The van der Waals surface area contributed by atoms with Gasteiger partial charge in [0.2, 0.25) is 0 Å². The Morgan fingerprint density at radius 3 is 1.05 bits per heavy atom. The van der Waals surface area contributed by atoms with E-state index in [1.54, 1.807) is 44.0 Å². The molecule has 0 heterocycles. The van der Waals surface area contributed by atoms with Crippen LogP contribution >= 0.6 is 7.92 Å². The maximum Gasteiger partial charge on any atom is -0.00866 e. The van der Waals surface area contributed by atoms with Crippen LogP contribution < -0.4 is 15.9 Å². The third-order valence-corrected chi connectivity index (χ3v) is 10.1. The molecule has 0 saturated carbocycles. The first-order chi connectivity index (χ1) is 18.1. The number of aryl methyl sites for hydroxylation is 6. The fraction of sp³-hybridized carbons (Fsp3) is 0.500. The zero-order valence-corrected chi connectivity index (χ0v) is 25.5. The molecule has 3 aromatic carbocycles. The molecule has 37 heavy (non-hydrogen) atoms. The summed E-state index contributed by atoms with van der Waals surface area (Å²) in [6, 6.07) is 21.9. The molecule has 0 aliphatic heterocycles. The fourth-order valence-electron chi connectivity index (χ4n) is 5.89. The largest absolute Gasteiger partial charge is 0.0651 e. The first kappa shape index (κ1) is 29.6. The van der Waals surface area contributed by atoms with E-state index in [-0.39, 0.29) is 0 Å². The van der Waals surface area contributed by atoms with E-state index >= 15 is 0 Å². The van der Waals surface area contributed by atoms with E-state index in [0.29, 0.717) is 0 Å². The molecule has 3 rings (SSSR count). The Labute approximate surface area is 230 Å². The molecule has 0 bridgehead atoms. The van der Waals surface area contributed by atoms with Gasteiger partial charge in [-0.3, -0.25) is 0 Å². The molecule has 0 aliphatic rings. The van der Waals surface area contributed by atoms with Crippen LogP contribution in [0.25, 0.3) is 0 Å². The lowest BCUT2D eigenvalue weighted by molar-refractivity contribution is 0.876. The van der Waals surface area contributed by atoms with E-state index in [1.165, 1.54) is 82.4 Å². The highest BCUT2D eigenvalue weighted by Crippen LogP contribution is 2.40. The molecule has 0 spiro atoms. The summed E-state index contributed by atoms with van der Waals surface area (Å²) >= 11 is 0. The molecule has 0 aromatic heterocycles. The summed E-state index contributed by atoms with van der Waals surface area (Å²) in [5.41, 5.74) is 9.57. The van der Waals surface area contributed by atoms with Gasteiger partial charge in [-0.15, -0.1) is 0 Å². The van der Waals surface area contributed by atoms with Gasteiger partial charge in [0.05, 0.1) is 0 Å². The molecule has 0 unspecified atom stereocenters. The molecule has 0 aliphatic carbocycles. The van der Waals surface area contributed by atoms with E-state index in [1.807, 2.05) is 0 Å². The van der Waals surface area contributed by atoms with Crippen molar-refractivity contribution < 1.29 is 0 Å². The molecule has 0 amide bonds. The van der Waals surface area contributed by atoms with Gasteiger partial charge >= 0.3 is 0 Å². The SMILES string of the molecule is CCCc1cc(CCC)c(P(c2ccccc2)c2c(CCC)cc(CCC)cc2CCC)c(CCC)c1. The minimum atomic E-state index is -0.619. The summed E-state index contributed by atoms with van der Waals surface area (Å²) < 4.78 is 0. The molecule has 0 saturated heterocycles. The van der Waals surface area contributed by atoms with Crippen LogP contribution in [-0.4, -0.2) is 0 Å². The molecular formula is C36H51P. The zero-order valence-electron chi connectivity index (χ0n) is 24.6. The highest BCUT2D eigenvalue weighted by molar-refractivity contribution is 7.80. The lowest BCUT2D eigenvalue weighted by atomic mass is 9.97. The smallest absolute Gasteiger partial charge is 0.00866 e. The first-order valence-electron chi connectivity index (χ1n) is 15.3. The van der Waals surface area contributed by atoms with Gasteiger partial charge < -0.3 is 0 Å². The lowest BCUT2D eigenvalue weighted by Gasteiger charge is -2.30. The molecule has 0 nitrogen and oxygen atoms in total. The Bertz CT molecular complexity index is 971. The minimum Gasteiger partial charge on any atom is -0.0651 e. The number of rotatable bonds is 15. The Morgan fingerprint density at radius 1 is 0.432 bits per heavy atom. The minimum absolute atomic E-state index is 0.619. The highest BCUT2D eigenvalue weighted by Gasteiger charge is 2.27. The van der Waals surface area contributed by atoms with Crippen molar-refractivity contribution in [1.29, 1.82) is 0 Å². The lowest BCUT2D eigenvalue weighted by Crippen LogP contribution is -2.31. The Morgan fingerprint density at radius 2 is 0.757 bits per heavy atom. The summed E-state index contributed by atoms with van der Waals surface area (Å²) in [5.74, 6) is 0. The molecule has 3 aromatic rings. The summed E-state index contributed by atoms with van der Waals surface area (Å²) in [5, 5.41) is 4.89. The van der Waals surface area contributed by atoms with Crippen LogP contribution in [-0.2, 0) is 38.5 Å². The van der Waals surface area contributed by atoms with Crippen molar-refractivity contribution in [2.24, 2.45) is 0 Å². The van der Waals surface area contributed by atoms with E-state index in [2.05, 4.69) is 96.1 Å². The van der Waals surface area contributed by atoms with Crippen LogP contribution in [0.2, 0.25) is 0 Å². The van der Waals surface area contributed by atoms with Crippen LogP contribution in [0.3, 0.4) is 0 Å². The van der Waals surface area contributed by atoms with Gasteiger partial charge in [-0.1, -0.05) is 135 Å². The van der Waals surface area contributed by atoms with Crippen LogP contribution in [0.4, 0.5) is 0 Å². The van der Waals surface area contributed by atoms with Crippen molar-refractivity contribution in [2.75, 3.05) is 0 Å². The van der Waals surface area contributed by atoms with Crippen molar-refractivity contribution in [2.45, 2.75) is 119 Å². The first-order valence-corrected chi connectivity index (χ1v) is 16.6. The quantitative estimate of drug-likeness (QED) is 0.177. The molecule has 200 valence electrons. The molecule has 0 radical (unpaired) electrons. The number of benzene rings is 3. The monoisotopic (exact) mass is 514 g/mol. The van der Waals surface area contributed by atoms with Gasteiger partial charge in [0.25, 0.3) is 0 Å². The molecule has 0 fully saturated rings. The van der Waals surface area contributed by atoms with Crippen LogP contribution in [0.15, 0.2) is 54.6 Å². The maximum atomic E-state index is 2.59. The molecule has 1 heteroatoms. The molecule has 0 N–H and O–H groups in total. The van der Waals surface area contributed by atoms with Gasteiger partial charge in [0.1, 0.15) is 0 Å². The van der Waals surface area contributed by atoms with Crippen molar-refractivity contribution >= 4 is 23.8 Å². The predicted molar refractivity (Wildman–Crippen MR) is 169 cm³/mol. The Kier molecular flexibility index (Phi) is 12.4. The third kappa shape index (κ3) is 7.57. The van der Waals surface area contributed by atoms with Gasteiger partial charge in [0.15, 0.2) is 0 Å². The predicted octanol–water partition coefficient (Wildman–Crippen LogP) is 9.16. The average Bonchev–Trinajstić information content (AvgIpc) is 2.88. The van der Waals surface area contributed by atoms with Gasteiger partial charge in [-0.05, 0) is 95.7 Å².